The zero-order chi connectivity index (χ0) is 17.1. The number of carbonyl (C=O) groups excluding carboxylic acids is 2. The van der Waals surface area contributed by atoms with Crippen molar-refractivity contribution in [2.75, 3.05) is 39.4 Å². The van der Waals surface area contributed by atoms with Crippen molar-refractivity contribution in [1.29, 1.82) is 0 Å². The molecule has 0 unspecified atom stereocenters. The Morgan fingerprint density at radius 3 is 2.38 bits per heavy atom. The summed E-state index contributed by atoms with van der Waals surface area (Å²) in [4.78, 5) is 28.2. The van der Waals surface area contributed by atoms with E-state index in [4.69, 9.17) is 16.3 Å². The van der Waals surface area contributed by atoms with Crippen LogP contribution in [-0.2, 0) is 14.3 Å². The van der Waals surface area contributed by atoms with Crippen LogP contribution in [0.1, 0.15) is 12.0 Å². The zero-order valence-electron chi connectivity index (χ0n) is 13.1. The Morgan fingerprint density at radius 1 is 1.04 bits per heavy atom. The van der Waals surface area contributed by atoms with Gasteiger partial charge in [0, 0.05) is 26.2 Å². The van der Waals surface area contributed by atoms with Gasteiger partial charge >= 0.3 is 0 Å². The largest absolute Gasteiger partial charge is 0.379 e. The van der Waals surface area contributed by atoms with Crippen molar-refractivity contribution in [1.82, 2.24) is 9.80 Å². The summed E-state index contributed by atoms with van der Waals surface area (Å²) in [6.45, 7) is 4.26. The lowest BCUT2D eigenvalue weighted by molar-refractivity contribution is -0.136. The summed E-state index contributed by atoms with van der Waals surface area (Å²) in [7, 11) is 0. The maximum Gasteiger partial charge on any atom is 0.273 e. The average Bonchev–Trinajstić information content (AvgIpc) is 2.80. The molecule has 7 heteroatoms. The first kappa shape index (κ1) is 17.1. The number of amides is 2. The van der Waals surface area contributed by atoms with Gasteiger partial charge < -0.3 is 4.74 Å². The molecule has 5 nitrogen and oxygen atoms in total. The molecule has 128 valence electrons. The molecule has 2 aliphatic rings. The third-order valence-electron chi connectivity index (χ3n) is 4.20. The molecular weight excluding hydrogens is 335 g/mol. The molecule has 0 bridgehead atoms. The van der Waals surface area contributed by atoms with Gasteiger partial charge in [-0.15, -0.1) is 0 Å². The molecule has 1 aromatic rings. The van der Waals surface area contributed by atoms with Gasteiger partial charge in [0.05, 0.1) is 18.8 Å². The van der Waals surface area contributed by atoms with Crippen LogP contribution in [0.4, 0.5) is 4.39 Å². The maximum atomic E-state index is 13.0. The van der Waals surface area contributed by atoms with Crippen molar-refractivity contribution in [2.24, 2.45) is 0 Å². The molecule has 1 fully saturated rings. The van der Waals surface area contributed by atoms with Gasteiger partial charge in [-0.2, -0.15) is 0 Å². The fourth-order valence-corrected chi connectivity index (χ4v) is 3.19. The van der Waals surface area contributed by atoms with Crippen LogP contribution < -0.4 is 0 Å². The SMILES string of the molecule is O=C1C(Cl)=C(c2ccc(F)cc2)C(=O)N1CCCN1CCOCC1. The molecule has 2 heterocycles. The Labute approximate surface area is 144 Å². The molecule has 1 saturated heterocycles. The van der Waals surface area contributed by atoms with E-state index in [2.05, 4.69) is 4.90 Å². The molecule has 2 amide bonds. The smallest absolute Gasteiger partial charge is 0.273 e. The van der Waals surface area contributed by atoms with Crippen LogP contribution in [0, 0.1) is 5.82 Å². The van der Waals surface area contributed by atoms with E-state index in [0.717, 1.165) is 19.6 Å². The Kier molecular flexibility index (Phi) is 5.28. The van der Waals surface area contributed by atoms with Crippen LogP contribution in [0.5, 0.6) is 0 Å². The molecule has 0 atom stereocenters. The second-order valence-corrected chi connectivity index (χ2v) is 6.14. The number of hydrogen-bond donors (Lipinski definition) is 0. The summed E-state index contributed by atoms with van der Waals surface area (Å²) in [5.41, 5.74) is 0.600. The second-order valence-electron chi connectivity index (χ2n) is 5.77. The molecular formula is C17H18ClFN2O3. The molecule has 0 saturated carbocycles. The molecule has 1 aromatic carbocycles. The summed E-state index contributed by atoms with van der Waals surface area (Å²) in [6, 6.07) is 5.39. The molecule has 0 radical (unpaired) electrons. The van der Waals surface area contributed by atoms with Gasteiger partial charge in [0.2, 0.25) is 0 Å². The first-order chi connectivity index (χ1) is 11.6. The Morgan fingerprint density at radius 2 is 1.71 bits per heavy atom. The minimum atomic E-state index is -0.483. The molecule has 24 heavy (non-hydrogen) atoms. The quantitative estimate of drug-likeness (QED) is 0.759. The summed E-state index contributed by atoms with van der Waals surface area (Å²) in [5, 5.41) is -0.0991. The topological polar surface area (TPSA) is 49.9 Å². The highest BCUT2D eigenvalue weighted by Gasteiger charge is 2.37. The third-order valence-corrected chi connectivity index (χ3v) is 4.55. The van der Waals surface area contributed by atoms with Crippen molar-refractivity contribution in [3.05, 3.63) is 40.7 Å². The minimum Gasteiger partial charge on any atom is -0.379 e. The predicted molar refractivity (Wildman–Crippen MR) is 87.8 cm³/mol. The second kappa shape index (κ2) is 7.42. The number of morpholine rings is 1. The van der Waals surface area contributed by atoms with E-state index in [1.54, 1.807) is 0 Å². The first-order valence-corrected chi connectivity index (χ1v) is 8.28. The number of benzene rings is 1. The van der Waals surface area contributed by atoms with Crippen LogP contribution in [0.15, 0.2) is 29.3 Å². The van der Waals surface area contributed by atoms with Gasteiger partial charge in [0.25, 0.3) is 11.8 Å². The highest BCUT2D eigenvalue weighted by atomic mass is 35.5. The van der Waals surface area contributed by atoms with Gasteiger partial charge in [0.15, 0.2) is 0 Å². The summed E-state index contributed by atoms with van der Waals surface area (Å²) < 4.78 is 18.3. The monoisotopic (exact) mass is 352 g/mol. The predicted octanol–water partition coefficient (Wildman–Crippen LogP) is 1.87. The van der Waals surface area contributed by atoms with Crippen molar-refractivity contribution < 1.29 is 18.7 Å². The van der Waals surface area contributed by atoms with Crippen LogP contribution >= 0.6 is 11.6 Å². The Bertz CT molecular complexity index is 669. The van der Waals surface area contributed by atoms with Crippen LogP contribution in [0.2, 0.25) is 0 Å². The Hall–Kier alpha value is -1.76. The van der Waals surface area contributed by atoms with E-state index in [0.29, 0.717) is 31.7 Å². The van der Waals surface area contributed by atoms with E-state index >= 15 is 0 Å². The normalized spacial score (nSPS) is 19.5. The fourth-order valence-electron chi connectivity index (χ4n) is 2.89. The van der Waals surface area contributed by atoms with Crippen molar-refractivity contribution >= 4 is 29.0 Å². The summed E-state index contributed by atoms with van der Waals surface area (Å²) in [5.74, 6) is -1.31. The van der Waals surface area contributed by atoms with Crippen LogP contribution in [-0.4, -0.2) is 61.0 Å². The lowest BCUT2D eigenvalue weighted by Crippen LogP contribution is -2.39. The number of nitrogens with zero attached hydrogens (tertiary/aromatic N) is 2. The maximum absolute atomic E-state index is 13.0. The molecule has 0 aromatic heterocycles. The first-order valence-electron chi connectivity index (χ1n) is 7.90. The molecule has 0 N–H and O–H groups in total. The minimum absolute atomic E-state index is 0.0991. The number of ether oxygens (including phenoxy) is 1. The summed E-state index contributed by atoms with van der Waals surface area (Å²) in [6.07, 6.45) is 0.679. The number of rotatable bonds is 5. The van der Waals surface area contributed by atoms with Gasteiger partial charge in [-0.3, -0.25) is 19.4 Å². The van der Waals surface area contributed by atoms with E-state index < -0.39 is 17.6 Å². The lowest BCUT2D eigenvalue weighted by atomic mass is 10.1. The molecule has 2 aliphatic heterocycles. The molecule has 0 spiro atoms. The highest BCUT2D eigenvalue weighted by Crippen LogP contribution is 2.31. The third kappa shape index (κ3) is 3.50. The highest BCUT2D eigenvalue weighted by molar-refractivity contribution is 6.55. The fraction of sp³-hybridized carbons (Fsp3) is 0.412. The van der Waals surface area contributed by atoms with E-state index in [-0.39, 0.29) is 10.6 Å². The number of carbonyl (C=O) groups is 2. The van der Waals surface area contributed by atoms with Crippen molar-refractivity contribution in [2.45, 2.75) is 6.42 Å². The molecule has 0 aliphatic carbocycles. The number of imide groups is 1. The van der Waals surface area contributed by atoms with Gasteiger partial charge in [-0.05, 0) is 24.1 Å². The lowest BCUT2D eigenvalue weighted by Gasteiger charge is -2.27. The van der Waals surface area contributed by atoms with Crippen molar-refractivity contribution in [3.63, 3.8) is 0 Å². The average molecular weight is 353 g/mol. The number of halogens is 2. The Balaban J connectivity index is 1.63. The van der Waals surface area contributed by atoms with Crippen LogP contribution in [0.25, 0.3) is 5.57 Å². The number of hydrogen-bond acceptors (Lipinski definition) is 4. The molecule has 3 rings (SSSR count). The van der Waals surface area contributed by atoms with E-state index in [9.17, 15) is 14.0 Å². The zero-order valence-corrected chi connectivity index (χ0v) is 13.9. The van der Waals surface area contributed by atoms with Gasteiger partial charge in [-0.25, -0.2) is 4.39 Å². The van der Waals surface area contributed by atoms with E-state index in [1.807, 2.05) is 0 Å². The summed E-state index contributed by atoms with van der Waals surface area (Å²) >= 11 is 6.07. The van der Waals surface area contributed by atoms with Gasteiger partial charge in [-0.1, -0.05) is 23.7 Å². The van der Waals surface area contributed by atoms with Gasteiger partial charge in [0.1, 0.15) is 10.8 Å². The van der Waals surface area contributed by atoms with E-state index in [1.165, 1.54) is 29.2 Å². The van der Waals surface area contributed by atoms with Crippen LogP contribution in [0.3, 0.4) is 0 Å². The van der Waals surface area contributed by atoms with Crippen molar-refractivity contribution in [3.8, 4) is 0 Å². The standard InChI is InChI=1S/C17H18ClFN2O3/c18-15-14(12-2-4-13(19)5-3-12)16(22)21(17(15)23)7-1-6-20-8-10-24-11-9-20/h2-5H,1,6-11H2.